The Hall–Kier alpha value is -2.44. The summed E-state index contributed by atoms with van der Waals surface area (Å²) in [6.07, 6.45) is 0. The summed E-state index contributed by atoms with van der Waals surface area (Å²) in [7, 11) is 0. The molecule has 0 aliphatic heterocycles. The lowest BCUT2D eigenvalue weighted by Gasteiger charge is -2.09. The Labute approximate surface area is 140 Å². The molecule has 0 amide bonds. The Morgan fingerprint density at radius 2 is 1.36 bits per heavy atom. The summed E-state index contributed by atoms with van der Waals surface area (Å²) in [5.41, 5.74) is 0.259. The third-order valence-corrected chi connectivity index (χ3v) is 4.61. The minimum atomic E-state index is -2.30. The largest absolute Gasteiger partial charge is 0.420 e. The van der Waals surface area contributed by atoms with Crippen LogP contribution in [0.3, 0.4) is 0 Å². The highest BCUT2D eigenvalue weighted by atomic mass is 19.2. The maximum absolute atomic E-state index is 13.7. The molecule has 132 valence electrons. The van der Waals surface area contributed by atoms with Crippen LogP contribution in [0.2, 0.25) is 0 Å². The second-order valence-electron chi connectivity index (χ2n) is 6.51. The van der Waals surface area contributed by atoms with E-state index in [1.807, 2.05) is 0 Å². The van der Waals surface area contributed by atoms with Crippen LogP contribution in [-0.2, 0) is 4.79 Å². The van der Waals surface area contributed by atoms with Gasteiger partial charge in [0.1, 0.15) is 0 Å². The highest BCUT2D eigenvalue weighted by Crippen LogP contribution is 2.64. The smallest absolute Gasteiger partial charge is 0.315 e. The summed E-state index contributed by atoms with van der Waals surface area (Å²) in [4.78, 5) is 12.3. The first kappa shape index (κ1) is 17.4. The predicted molar refractivity (Wildman–Crippen MR) is 78.3 cm³/mol. The number of carbonyl (C=O) groups excluding carboxylic acids is 1. The van der Waals surface area contributed by atoms with Crippen molar-refractivity contribution in [3.8, 4) is 5.75 Å². The lowest BCUT2D eigenvalue weighted by molar-refractivity contribution is -0.137. The van der Waals surface area contributed by atoms with E-state index >= 15 is 0 Å². The van der Waals surface area contributed by atoms with Crippen molar-refractivity contribution in [2.45, 2.75) is 19.8 Å². The first-order chi connectivity index (χ1) is 11.7. The third kappa shape index (κ3) is 2.67. The number of carbonyl (C=O) groups is 1. The van der Waals surface area contributed by atoms with Crippen molar-refractivity contribution in [1.29, 1.82) is 0 Å². The van der Waals surface area contributed by atoms with Crippen LogP contribution in [-0.4, -0.2) is 5.97 Å². The molecular weight excluding hydrogens is 343 g/mol. The lowest BCUT2D eigenvalue weighted by atomic mass is 10.0. The predicted octanol–water partition coefficient (Wildman–Crippen LogP) is 4.73. The Kier molecular flexibility index (Phi) is 4.05. The van der Waals surface area contributed by atoms with Crippen LogP contribution in [0.4, 0.5) is 22.0 Å². The molecule has 7 heteroatoms. The van der Waals surface area contributed by atoms with Crippen molar-refractivity contribution in [2.24, 2.45) is 11.3 Å². The van der Waals surface area contributed by atoms with Crippen molar-refractivity contribution in [2.75, 3.05) is 0 Å². The molecule has 0 N–H and O–H groups in total. The van der Waals surface area contributed by atoms with Gasteiger partial charge in [0.15, 0.2) is 0 Å². The van der Waals surface area contributed by atoms with Crippen molar-refractivity contribution >= 4 is 5.97 Å². The number of hydrogen-bond acceptors (Lipinski definition) is 2. The maximum Gasteiger partial charge on any atom is 0.315 e. The molecular formula is C18H13F5O2. The molecule has 25 heavy (non-hydrogen) atoms. The second kappa shape index (κ2) is 5.82. The van der Waals surface area contributed by atoms with Gasteiger partial charge in [0, 0.05) is 5.92 Å². The van der Waals surface area contributed by atoms with Gasteiger partial charge in [-0.3, -0.25) is 4.79 Å². The van der Waals surface area contributed by atoms with Crippen LogP contribution in [0.25, 0.3) is 0 Å². The molecule has 2 aromatic rings. The number of benzene rings is 2. The van der Waals surface area contributed by atoms with Crippen molar-refractivity contribution in [3.05, 3.63) is 65.0 Å². The topological polar surface area (TPSA) is 26.3 Å². The summed E-state index contributed by atoms with van der Waals surface area (Å²) in [6, 6.07) is 8.92. The van der Waals surface area contributed by atoms with Gasteiger partial charge in [0.2, 0.25) is 34.8 Å². The number of ether oxygens (including phenoxy) is 1. The fraction of sp³-hybridized carbons (Fsp3) is 0.278. The van der Waals surface area contributed by atoms with Gasteiger partial charge in [0.25, 0.3) is 0 Å². The molecule has 0 spiro atoms. The van der Waals surface area contributed by atoms with E-state index in [1.54, 1.807) is 44.2 Å². The number of rotatable bonds is 3. The van der Waals surface area contributed by atoms with E-state index in [0.717, 1.165) is 5.56 Å². The zero-order valence-corrected chi connectivity index (χ0v) is 13.2. The fourth-order valence-corrected chi connectivity index (χ4v) is 3.20. The Morgan fingerprint density at radius 1 is 0.880 bits per heavy atom. The second-order valence-corrected chi connectivity index (χ2v) is 6.51. The van der Waals surface area contributed by atoms with E-state index in [9.17, 15) is 26.7 Å². The van der Waals surface area contributed by atoms with Crippen LogP contribution >= 0.6 is 0 Å². The molecule has 2 atom stereocenters. The molecule has 0 saturated heterocycles. The Balaban J connectivity index is 1.90. The first-order valence-corrected chi connectivity index (χ1v) is 7.46. The normalized spacial score (nSPS) is 21.1. The van der Waals surface area contributed by atoms with Gasteiger partial charge in [-0.15, -0.1) is 0 Å². The molecule has 0 heterocycles. The van der Waals surface area contributed by atoms with Crippen LogP contribution in [0.15, 0.2) is 30.3 Å². The summed E-state index contributed by atoms with van der Waals surface area (Å²) in [5.74, 6) is -14.6. The molecule has 0 radical (unpaired) electrons. The van der Waals surface area contributed by atoms with Gasteiger partial charge in [0.05, 0.1) is 5.92 Å². The van der Waals surface area contributed by atoms with E-state index < -0.39 is 52.1 Å². The molecule has 0 aromatic heterocycles. The SMILES string of the molecule is CC1(C)[C@H](C(=O)Oc2c(F)c(F)c(F)c(F)c2F)[C@H]1c1ccccc1. The van der Waals surface area contributed by atoms with E-state index in [0.29, 0.717) is 0 Å². The van der Waals surface area contributed by atoms with Gasteiger partial charge in [-0.05, 0) is 11.0 Å². The van der Waals surface area contributed by atoms with Crippen LogP contribution < -0.4 is 4.74 Å². The molecule has 1 fully saturated rings. The summed E-state index contributed by atoms with van der Waals surface area (Å²) in [5, 5.41) is 0. The van der Waals surface area contributed by atoms with Gasteiger partial charge >= 0.3 is 5.97 Å². The Morgan fingerprint density at radius 3 is 1.88 bits per heavy atom. The highest BCUT2D eigenvalue weighted by molar-refractivity contribution is 5.81. The number of esters is 1. The van der Waals surface area contributed by atoms with E-state index in [1.165, 1.54) is 0 Å². The van der Waals surface area contributed by atoms with Gasteiger partial charge in [-0.2, -0.15) is 8.78 Å². The number of halogens is 5. The van der Waals surface area contributed by atoms with Crippen molar-refractivity contribution in [1.82, 2.24) is 0 Å². The summed E-state index contributed by atoms with van der Waals surface area (Å²) >= 11 is 0. The first-order valence-electron chi connectivity index (χ1n) is 7.46. The molecule has 0 unspecified atom stereocenters. The minimum absolute atomic E-state index is 0.275. The van der Waals surface area contributed by atoms with Gasteiger partial charge < -0.3 is 4.74 Å². The average molecular weight is 356 g/mol. The van der Waals surface area contributed by atoms with E-state index in [4.69, 9.17) is 0 Å². The number of hydrogen-bond donors (Lipinski definition) is 0. The monoisotopic (exact) mass is 356 g/mol. The van der Waals surface area contributed by atoms with E-state index in [2.05, 4.69) is 4.74 Å². The molecule has 1 saturated carbocycles. The molecule has 0 bridgehead atoms. The standard InChI is InChI=1S/C18H13F5O2/c1-18(2)9(8-6-4-3-5-7-8)10(18)17(24)25-16-14(22)12(20)11(19)13(21)15(16)23/h3-7,9-10H,1-2H3/t9-,10+/m1/s1. The minimum Gasteiger partial charge on any atom is -0.420 e. The quantitative estimate of drug-likeness (QED) is 0.261. The van der Waals surface area contributed by atoms with Crippen LogP contribution in [0, 0.1) is 40.4 Å². The maximum atomic E-state index is 13.7. The third-order valence-electron chi connectivity index (χ3n) is 4.61. The summed E-state index contributed by atoms with van der Waals surface area (Å²) < 4.78 is 71.4. The fourth-order valence-electron chi connectivity index (χ4n) is 3.20. The molecule has 2 nitrogen and oxygen atoms in total. The molecule has 1 aliphatic carbocycles. The average Bonchev–Trinajstić information content (AvgIpc) is 3.18. The molecule has 3 rings (SSSR count). The van der Waals surface area contributed by atoms with E-state index in [-0.39, 0.29) is 5.92 Å². The van der Waals surface area contributed by atoms with Crippen LogP contribution in [0.1, 0.15) is 25.3 Å². The molecule has 2 aromatic carbocycles. The molecule has 1 aliphatic rings. The van der Waals surface area contributed by atoms with Crippen molar-refractivity contribution < 1.29 is 31.5 Å². The van der Waals surface area contributed by atoms with Gasteiger partial charge in [-0.25, -0.2) is 13.2 Å². The Bertz CT molecular complexity index is 819. The zero-order valence-electron chi connectivity index (χ0n) is 13.2. The lowest BCUT2D eigenvalue weighted by Crippen LogP contribution is -2.17. The van der Waals surface area contributed by atoms with Gasteiger partial charge in [-0.1, -0.05) is 44.2 Å². The summed E-state index contributed by atoms with van der Waals surface area (Å²) in [6.45, 7) is 3.52. The highest BCUT2D eigenvalue weighted by Gasteiger charge is 2.63. The van der Waals surface area contributed by atoms with Crippen LogP contribution in [0.5, 0.6) is 5.75 Å². The van der Waals surface area contributed by atoms with Crippen molar-refractivity contribution in [3.63, 3.8) is 0 Å². The zero-order chi connectivity index (χ0) is 18.5.